The Balaban J connectivity index is 2.32. The van der Waals surface area contributed by atoms with E-state index in [-0.39, 0.29) is 5.95 Å². The van der Waals surface area contributed by atoms with E-state index in [0.29, 0.717) is 11.3 Å². The van der Waals surface area contributed by atoms with E-state index in [1.54, 1.807) is 0 Å². The van der Waals surface area contributed by atoms with Crippen LogP contribution in [0.25, 0.3) is 6.05 Å². The molecule has 136 valence electrons. The lowest BCUT2D eigenvalue weighted by Gasteiger charge is -2.14. The third kappa shape index (κ3) is 4.51. The second-order valence-electron chi connectivity index (χ2n) is 5.18. The SMILES string of the molecule is [2H]/C(C#N)=C(/[2H])c1c([2H])c(C([2H])([2H])[2H])c(Nc2nc(Nc3ccc(C#N)cc3)nc([2H])c2[2H])c(C([2H])([2H])[2H])c1[2H]. The number of benzene rings is 2. The van der Waals surface area contributed by atoms with E-state index in [4.69, 9.17) is 27.0 Å². The molecule has 0 aliphatic rings. The highest BCUT2D eigenvalue weighted by Gasteiger charge is 2.07. The van der Waals surface area contributed by atoms with Gasteiger partial charge in [0.25, 0.3) is 0 Å². The highest BCUT2D eigenvalue weighted by atomic mass is 15.1. The number of aromatic nitrogens is 2. The third-order valence-electron chi connectivity index (χ3n) is 3.31. The summed E-state index contributed by atoms with van der Waals surface area (Å²) in [6.45, 7) is -6.42. The van der Waals surface area contributed by atoms with Crippen LogP contribution in [0.15, 0.2) is 54.6 Å². The number of nitrogens with one attached hydrogen (secondary N) is 2. The highest BCUT2D eigenvalue weighted by molar-refractivity contribution is 5.69. The van der Waals surface area contributed by atoms with Crippen LogP contribution in [0.1, 0.15) is 38.7 Å². The van der Waals surface area contributed by atoms with Crippen molar-refractivity contribution in [1.82, 2.24) is 9.97 Å². The molecule has 6 heteroatoms. The maximum absolute atomic E-state index is 9.03. The Kier molecular flexibility index (Phi) is 2.63. The molecular formula is C22H18N6. The van der Waals surface area contributed by atoms with Gasteiger partial charge in [0, 0.05) is 31.8 Å². The Hall–Kier alpha value is -4.16. The molecule has 28 heavy (non-hydrogen) atoms. The first-order valence-electron chi connectivity index (χ1n) is 13.7. The lowest BCUT2D eigenvalue weighted by molar-refractivity contribution is 1.16. The van der Waals surface area contributed by atoms with Crippen molar-refractivity contribution in [2.75, 3.05) is 10.6 Å². The Morgan fingerprint density at radius 2 is 1.89 bits per heavy atom. The van der Waals surface area contributed by atoms with Gasteiger partial charge in [0.1, 0.15) is 5.82 Å². The molecule has 0 spiro atoms. The molecule has 0 saturated carbocycles. The molecule has 3 aromatic rings. The van der Waals surface area contributed by atoms with E-state index in [9.17, 15) is 0 Å². The summed E-state index contributed by atoms with van der Waals surface area (Å²) in [6.07, 6.45) is -0.641. The summed E-state index contributed by atoms with van der Waals surface area (Å²) in [6, 6.07) is 4.62. The number of hydrogen-bond acceptors (Lipinski definition) is 6. The van der Waals surface area contributed by atoms with Gasteiger partial charge in [0.05, 0.1) is 25.9 Å². The molecule has 0 atom stereocenters. The minimum absolute atomic E-state index is 0.253. The number of anilines is 4. The zero-order valence-corrected chi connectivity index (χ0v) is 14.1. The van der Waals surface area contributed by atoms with Gasteiger partial charge in [-0.05, 0) is 78.8 Å². The van der Waals surface area contributed by atoms with Crippen LogP contribution < -0.4 is 10.6 Å². The van der Waals surface area contributed by atoms with Crippen molar-refractivity contribution in [3.8, 4) is 12.1 Å². The lowest BCUT2D eigenvalue weighted by Crippen LogP contribution is -2.02. The molecule has 0 aliphatic carbocycles. The molecule has 0 radical (unpaired) electrons. The summed E-state index contributed by atoms with van der Waals surface area (Å²) in [5.74, 6) is -0.782. The standard InChI is InChI=1S/C22H18N6/c1-15-12-18(4-3-10-23)13-16(2)21(15)27-20-9-11-25-22(28-20)26-19-7-5-17(14-24)6-8-19/h3-9,11-13H,1-2H3,(H2,25,26,27,28)/b4-3+/i1D3,2D3,3D,4D,9D,11D,12D,13D. The van der Waals surface area contributed by atoms with Crippen LogP contribution in [0.4, 0.5) is 23.1 Å². The van der Waals surface area contributed by atoms with Gasteiger partial charge in [-0.3, -0.25) is 0 Å². The summed E-state index contributed by atoms with van der Waals surface area (Å²) in [7, 11) is 0. The lowest BCUT2D eigenvalue weighted by atomic mass is 10.0. The fraction of sp³-hybridized carbons (Fsp3) is 0.0909. The first kappa shape index (κ1) is 8.69. The monoisotopic (exact) mass is 378 g/mol. The van der Waals surface area contributed by atoms with Gasteiger partial charge in [-0.15, -0.1) is 0 Å². The van der Waals surface area contributed by atoms with Crippen LogP contribution in [0.2, 0.25) is 0 Å². The molecule has 2 aromatic carbocycles. The summed E-state index contributed by atoms with van der Waals surface area (Å²) in [5, 5.41) is 23.1. The number of nitriles is 2. The molecule has 1 aromatic heterocycles. The number of rotatable bonds is 5. The van der Waals surface area contributed by atoms with Crippen molar-refractivity contribution in [3.05, 3.63) is 76.9 Å². The Bertz CT molecular complexity index is 1550. The van der Waals surface area contributed by atoms with Gasteiger partial charge >= 0.3 is 0 Å². The second kappa shape index (κ2) is 8.48. The molecule has 1 heterocycles. The maximum Gasteiger partial charge on any atom is 0.229 e. The fourth-order valence-electron chi connectivity index (χ4n) is 2.09. The number of nitrogens with zero attached hydrogens (tertiary/aromatic N) is 4. The summed E-state index contributed by atoms with van der Waals surface area (Å²) >= 11 is 0. The molecule has 0 saturated heterocycles. The molecule has 0 bridgehead atoms. The predicted octanol–water partition coefficient (Wildman–Crippen LogP) is 4.99. The molecule has 3 rings (SSSR count). The third-order valence-corrected chi connectivity index (χ3v) is 3.31. The Morgan fingerprint density at radius 3 is 2.54 bits per heavy atom. The van der Waals surface area contributed by atoms with E-state index in [1.165, 1.54) is 30.3 Å². The fourth-order valence-corrected chi connectivity index (χ4v) is 2.09. The molecule has 2 N–H and O–H groups in total. The zero-order chi connectivity index (χ0) is 30.2. The molecular weight excluding hydrogens is 348 g/mol. The molecule has 0 fully saturated rings. The molecule has 0 aliphatic heterocycles. The van der Waals surface area contributed by atoms with Crippen molar-refractivity contribution in [3.63, 3.8) is 0 Å². The van der Waals surface area contributed by atoms with Gasteiger partial charge < -0.3 is 10.6 Å². The van der Waals surface area contributed by atoms with Crippen LogP contribution >= 0.6 is 0 Å². The summed E-state index contributed by atoms with van der Waals surface area (Å²) in [5.41, 5.74) is -2.78. The first-order chi connectivity index (χ1) is 18.5. The Morgan fingerprint density at radius 1 is 1.14 bits per heavy atom. The average molecular weight is 379 g/mol. The Labute approximate surface area is 180 Å². The van der Waals surface area contributed by atoms with Crippen molar-refractivity contribution in [2.45, 2.75) is 13.7 Å². The second-order valence-corrected chi connectivity index (χ2v) is 5.18. The number of allylic oxidation sites excluding steroid dienone is 1. The van der Waals surface area contributed by atoms with E-state index in [1.807, 2.05) is 6.07 Å². The largest absolute Gasteiger partial charge is 0.340 e. The number of hydrogen-bond donors (Lipinski definition) is 2. The first-order valence-corrected chi connectivity index (χ1v) is 7.66. The zero-order valence-electron chi connectivity index (χ0n) is 26.1. The van der Waals surface area contributed by atoms with Crippen molar-refractivity contribution in [1.29, 1.82) is 10.5 Å². The summed E-state index contributed by atoms with van der Waals surface area (Å²) < 4.78 is 96.8. The van der Waals surface area contributed by atoms with Gasteiger partial charge in [-0.1, -0.05) is 0 Å². The van der Waals surface area contributed by atoms with Gasteiger partial charge in [-0.2, -0.15) is 15.5 Å². The van der Waals surface area contributed by atoms with E-state index >= 15 is 0 Å². The highest BCUT2D eigenvalue weighted by Crippen LogP contribution is 2.26. The average Bonchev–Trinajstić information content (AvgIpc) is 2.85. The van der Waals surface area contributed by atoms with E-state index < -0.39 is 78.3 Å². The van der Waals surface area contributed by atoms with E-state index in [2.05, 4.69) is 20.6 Å². The topological polar surface area (TPSA) is 97.4 Å². The quantitative estimate of drug-likeness (QED) is 0.607. The smallest absolute Gasteiger partial charge is 0.229 e. The van der Waals surface area contributed by atoms with Crippen molar-refractivity contribution < 1.29 is 16.4 Å². The van der Waals surface area contributed by atoms with Crippen LogP contribution in [0.3, 0.4) is 0 Å². The normalized spacial score (nSPS) is 18.1. The van der Waals surface area contributed by atoms with Crippen molar-refractivity contribution >= 4 is 29.2 Å². The minimum atomic E-state index is -3.21. The van der Waals surface area contributed by atoms with Crippen LogP contribution in [-0.2, 0) is 0 Å². The van der Waals surface area contributed by atoms with Crippen LogP contribution in [0, 0.1) is 36.4 Å². The molecule has 0 amide bonds. The summed E-state index contributed by atoms with van der Waals surface area (Å²) in [4.78, 5) is 7.89. The van der Waals surface area contributed by atoms with Gasteiger partial charge in [0.15, 0.2) is 0 Å². The molecule has 6 nitrogen and oxygen atoms in total. The minimum Gasteiger partial charge on any atom is -0.340 e. The predicted molar refractivity (Wildman–Crippen MR) is 110 cm³/mol. The molecule has 0 unspecified atom stereocenters. The van der Waals surface area contributed by atoms with Gasteiger partial charge in [-0.25, -0.2) is 4.98 Å². The van der Waals surface area contributed by atoms with Gasteiger partial charge in [0.2, 0.25) is 5.95 Å². The van der Waals surface area contributed by atoms with E-state index in [0.717, 1.165) is 0 Å². The van der Waals surface area contributed by atoms with Crippen LogP contribution in [0.5, 0.6) is 0 Å². The van der Waals surface area contributed by atoms with Crippen LogP contribution in [-0.4, -0.2) is 9.97 Å². The maximum atomic E-state index is 9.03. The van der Waals surface area contributed by atoms with Crippen molar-refractivity contribution in [2.24, 2.45) is 0 Å².